The quantitative estimate of drug-likeness (QED) is 0.515. The number of nitrogen functional groups attached to an aromatic ring is 2. The highest BCUT2D eigenvalue weighted by Gasteiger charge is 2.17. The molecule has 100 valence electrons. The molecular weight excluding hydrogens is 365 g/mol. The molecule has 0 unspecified atom stereocenters. The third-order valence-corrected chi connectivity index (χ3v) is 2.74. The van der Waals surface area contributed by atoms with Gasteiger partial charge in [0.15, 0.2) is 15.2 Å². The molecule has 10 nitrogen and oxygen atoms in total. The summed E-state index contributed by atoms with van der Waals surface area (Å²) in [5, 5.41) is 11.9. The number of halogens is 1. The van der Waals surface area contributed by atoms with Gasteiger partial charge in [-0.2, -0.15) is 24.9 Å². The van der Waals surface area contributed by atoms with Gasteiger partial charge in [0, 0.05) is 0 Å². The molecule has 0 bridgehead atoms. The standard InChI is InChI=1S/C8H10IN9O/c1-2-12-16-3-4(9)17-18(5(3)10)7-13-6(11)14-8(19)15-7/h2,10H2,1H3,(H3,11,13,14,15,19). The normalized spacial score (nSPS) is 11.3. The first-order valence-corrected chi connectivity index (χ1v) is 6.26. The Kier molecular flexibility index (Phi) is 3.73. The lowest BCUT2D eigenvalue weighted by atomic mass is 10.5. The van der Waals surface area contributed by atoms with Gasteiger partial charge in [0.05, 0.1) is 6.54 Å². The number of rotatable bonds is 3. The van der Waals surface area contributed by atoms with Crippen molar-refractivity contribution < 1.29 is 0 Å². The van der Waals surface area contributed by atoms with Gasteiger partial charge in [-0.1, -0.05) is 0 Å². The van der Waals surface area contributed by atoms with E-state index in [0.29, 0.717) is 15.9 Å². The molecule has 2 rings (SSSR count). The van der Waals surface area contributed by atoms with Crippen LogP contribution in [-0.4, -0.2) is 31.3 Å². The summed E-state index contributed by atoms with van der Waals surface area (Å²) in [6, 6.07) is 0. The average Bonchev–Trinajstić information content (AvgIpc) is 2.61. The number of aromatic amines is 1. The van der Waals surface area contributed by atoms with Crippen LogP contribution in [0.5, 0.6) is 0 Å². The van der Waals surface area contributed by atoms with E-state index in [-0.39, 0.29) is 17.7 Å². The molecule has 19 heavy (non-hydrogen) atoms. The van der Waals surface area contributed by atoms with E-state index in [0.717, 1.165) is 0 Å². The van der Waals surface area contributed by atoms with Crippen LogP contribution >= 0.6 is 22.6 Å². The fraction of sp³-hybridized carbons (Fsp3) is 0.250. The number of nitrogens with zero attached hydrogens (tertiary/aromatic N) is 6. The van der Waals surface area contributed by atoms with Crippen molar-refractivity contribution in [1.82, 2.24) is 24.7 Å². The summed E-state index contributed by atoms with van der Waals surface area (Å²) in [6.45, 7) is 2.37. The topological polar surface area (TPSA) is 153 Å². The zero-order chi connectivity index (χ0) is 14.0. The number of anilines is 2. The van der Waals surface area contributed by atoms with E-state index in [1.165, 1.54) is 4.68 Å². The molecule has 5 N–H and O–H groups in total. The van der Waals surface area contributed by atoms with Gasteiger partial charge < -0.3 is 11.5 Å². The van der Waals surface area contributed by atoms with Crippen LogP contribution in [0.25, 0.3) is 5.95 Å². The van der Waals surface area contributed by atoms with E-state index >= 15 is 0 Å². The number of nitrogens with one attached hydrogen (secondary N) is 1. The molecule has 2 aromatic heterocycles. The largest absolute Gasteiger partial charge is 0.382 e. The van der Waals surface area contributed by atoms with E-state index in [9.17, 15) is 4.79 Å². The van der Waals surface area contributed by atoms with Crippen molar-refractivity contribution in [2.24, 2.45) is 10.2 Å². The summed E-state index contributed by atoms with van der Waals surface area (Å²) in [5.41, 5.74) is 11.1. The molecular formula is C8H10IN9O. The molecule has 0 radical (unpaired) electrons. The molecule has 11 heteroatoms. The molecule has 0 spiro atoms. The fourth-order valence-electron chi connectivity index (χ4n) is 1.27. The van der Waals surface area contributed by atoms with Crippen LogP contribution < -0.4 is 17.2 Å². The van der Waals surface area contributed by atoms with Gasteiger partial charge in [-0.25, -0.2) is 4.79 Å². The minimum atomic E-state index is -0.635. The first-order valence-electron chi connectivity index (χ1n) is 5.18. The van der Waals surface area contributed by atoms with Gasteiger partial charge in [-0.15, -0.1) is 5.11 Å². The Morgan fingerprint density at radius 2 is 2.16 bits per heavy atom. The second-order valence-electron chi connectivity index (χ2n) is 3.33. The number of aromatic nitrogens is 5. The second-order valence-corrected chi connectivity index (χ2v) is 4.35. The number of hydrogen-bond donors (Lipinski definition) is 3. The third-order valence-electron chi connectivity index (χ3n) is 2.01. The van der Waals surface area contributed by atoms with Crippen LogP contribution in [0, 0.1) is 3.70 Å². The highest BCUT2D eigenvalue weighted by molar-refractivity contribution is 14.1. The third kappa shape index (κ3) is 2.69. The van der Waals surface area contributed by atoms with E-state index in [4.69, 9.17) is 11.5 Å². The van der Waals surface area contributed by atoms with Gasteiger partial charge in [-0.3, -0.25) is 4.98 Å². The maximum absolute atomic E-state index is 11.2. The van der Waals surface area contributed by atoms with Crippen molar-refractivity contribution in [2.75, 3.05) is 18.0 Å². The average molecular weight is 375 g/mol. The fourth-order valence-corrected chi connectivity index (χ4v) is 1.87. The van der Waals surface area contributed by atoms with E-state index in [2.05, 4.69) is 30.3 Å². The summed E-state index contributed by atoms with van der Waals surface area (Å²) in [4.78, 5) is 21.0. The minimum absolute atomic E-state index is 0.0189. The predicted molar refractivity (Wildman–Crippen MR) is 76.4 cm³/mol. The molecule has 0 aliphatic rings. The maximum Gasteiger partial charge on any atom is 0.351 e. The van der Waals surface area contributed by atoms with Crippen LogP contribution in [0.1, 0.15) is 6.92 Å². The first-order chi connectivity index (χ1) is 9.02. The Morgan fingerprint density at radius 3 is 2.79 bits per heavy atom. The Balaban J connectivity index is 2.57. The smallest absolute Gasteiger partial charge is 0.351 e. The molecule has 0 aliphatic heterocycles. The van der Waals surface area contributed by atoms with E-state index in [1.54, 1.807) is 0 Å². The summed E-state index contributed by atoms with van der Waals surface area (Å²) >= 11 is 1.95. The lowest BCUT2D eigenvalue weighted by molar-refractivity contribution is 0.789. The SMILES string of the molecule is CCN=Nc1c(I)nn(-c2nc(N)[nH]c(=O)n2)c1N. The van der Waals surface area contributed by atoms with Crippen LogP contribution in [0.3, 0.4) is 0 Å². The first kappa shape index (κ1) is 13.4. The Morgan fingerprint density at radius 1 is 1.42 bits per heavy atom. The van der Waals surface area contributed by atoms with Crippen LogP contribution in [-0.2, 0) is 0 Å². The zero-order valence-corrected chi connectivity index (χ0v) is 12.0. The highest BCUT2D eigenvalue weighted by Crippen LogP contribution is 2.29. The molecule has 0 aromatic carbocycles. The number of nitrogens with two attached hydrogens (primary N) is 2. The van der Waals surface area contributed by atoms with Crippen molar-refractivity contribution in [3.63, 3.8) is 0 Å². The predicted octanol–water partition coefficient (Wildman–Crippen LogP) is 0.223. The number of H-pyrrole nitrogens is 1. The maximum atomic E-state index is 11.2. The van der Waals surface area contributed by atoms with Crippen LogP contribution in [0.2, 0.25) is 0 Å². The molecule has 2 heterocycles. The summed E-state index contributed by atoms with van der Waals surface area (Å²) in [7, 11) is 0. The molecule has 0 saturated carbocycles. The molecule has 0 aliphatic carbocycles. The highest BCUT2D eigenvalue weighted by atomic mass is 127. The zero-order valence-electron chi connectivity index (χ0n) is 9.83. The molecule has 2 aromatic rings. The monoisotopic (exact) mass is 375 g/mol. The molecule has 0 saturated heterocycles. The lowest BCUT2D eigenvalue weighted by Crippen LogP contribution is -2.19. The van der Waals surface area contributed by atoms with Crippen molar-refractivity contribution >= 4 is 40.0 Å². The lowest BCUT2D eigenvalue weighted by Gasteiger charge is -2.01. The summed E-state index contributed by atoms with van der Waals surface area (Å²) in [5.74, 6) is 0.0952. The van der Waals surface area contributed by atoms with Gasteiger partial charge >= 0.3 is 5.69 Å². The summed E-state index contributed by atoms with van der Waals surface area (Å²) < 4.78 is 1.71. The minimum Gasteiger partial charge on any atom is -0.382 e. The van der Waals surface area contributed by atoms with Gasteiger partial charge in [0.2, 0.25) is 5.95 Å². The van der Waals surface area contributed by atoms with Crippen LogP contribution in [0.15, 0.2) is 15.0 Å². The Labute approximate surface area is 120 Å². The number of hydrogen-bond acceptors (Lipinski definition) is 8. The Hall–Kier alpha value is -2.05. The van der Waals surface area contributed by atoms with Crippen molar-refractivity contribution in [2.45, 2.75) is 6.92 Å². The number of azo groups is 1. The van der Waals surface area contributed by atoms with Crippen LogP contribution in [0.4, 0.5) is 17.5 Å². The Bertz CT molecular complexity index is 688. The van der Waals surface area contributed by atoms with Gasteiger partial charge in [0.1, 0.15) is 0 Å². The van der Waals surface area contributed by atoms with Gasteiger partial charge in [-0.05, 0) is 29.5 Å². The van der Waals surface area contributed by atoms with Crippen molar-refractivity contribution in [1.29, 1.82) is 0 Å². The van der Waals surface area contributed by atoms with Gasteiger partial charge in [0.25, 0.3) is 5.95 Å². The van der Waals surface area contributed by atoms with E-state index in [1.807, 2.05) is 29.5 Å². The second kappa shape index (κ2) is 5.29. The molecule has 0 atom stereocenters. The van der Waals surface area contributed by atoms with E-state index < -0.39 is 5.69 Å². The van der Waals surface area contributed by atoms with Crippen molar-refractivity contribution in [3.05, 3.63) is 14.2 Å². The molecule has 0 fully saturated rings. The molecule has 0 amide bonds. The van der Waals surface area contributed by atoms with Crippen molar-refractivity contribution in [3.8, 4) is 5.95 Å². The summed E-state index contributed by atoms with van der Waals surface area (Å²) in [6.07, 6.45) is 0.